The number of benzene rings is 1. The van der Waals surface area contributed by atoms with Crippen LogP contribution in [-0.4, -0.2) is 25.5 Å². The van der Waals surface area contributed by atoms with Crippen molar-refractivity contribution in [3.63, 3.8) is 0 Å². The summed E-state index contributed by atoms with van der Waals surface area (Å²) >= 11 is 0. The van der Waals surface area contributed by atoms with Crippen LogP contribution >= 0.6 is 0 Å². The van der Waals surface area contributed by atoms with Gasteiger partial charge in [-0.2, -0.15) is 10.2 Å². The van der Waals surface area contributed by atoms with Crippen molar-refractivity contribution >= 4 is 5.91 Å². The number of nitrogens with zero attached hydrogens (tertiary/aromatic N) is 4. The van der Waals surface area contributed by atoms with E-state index in [2.05, 4.69) is 15.5 Å². The second kappa shape index (κ2) is 6.27. The smallest absolute Gasteiger partial charge is 0.271 e. The van der Waals surface area contributed by atoms with Crippen molar-refractivity contribution in [3.8, 4) is 5.69 Å². The molecule has 0 unspecified atom stereocenters. The SMILES string of the molecule is Cn1nc(C(=O)NCc2cnn(-c3ccccc3)c2)ccc1=O. The molecule has 0 bridgehead atoms. The molecule has 0 spiro atoms. The van der Waals surface area contributed by atoms with E-state index in [9.17, 15) is 9.59 Å². The van der Waals surface area contributed by atoms with Gasteiger partial charge >= 0.3 is 0 Å². The Kier molecular flexibility index (Phi) is 4.01. The van der Waals surface area contributed by atoms with Crippen LogP contribution in [-0.2, 0) is 13.6 Å². The molecule has 0 atom stereocenters. The second-order valence-corrected chi connectivity index (χ2v) is 4.99. The van der Waals surface area contributed by atoms with Gasteiger partial charge in [0.1, 0.15) is 5.69 Å². The van der Waals surface area contributed by atoms with E-state index in [0.717, 1.165) is 15.9 Å². The molecule has 1 N–H and O–H groups in total. The predicted molar refractivity (Wildman–Crippen MR) is 84.2 cm³/mol. The van der Waals surface area contributed by atoms with E-state index < -0.39 is 0 Å². The lowest BCUT2D eigenvalue weighted by Gasteiger charge is -2.04. The number of hydrogen-bond acceptors (Lipinski definition) is 4. The average molecular weight is 309 g/mol. The molecule has 7 nitrogen and oxygen atoms in total. The van der Waals surface area contributed by atoms with Crippen molar-refractivity contribution in [2.45, 2.75) is 6.54 Å². The highest BCUT2D eigenvalue weighted by atomic mass is 16.2. The van der Waals surface area contributed by atoms with Crippen molar-refractivity contribution in [2.24, 2.45) is 7.05 Å². The standard InChI is InChI=1S/C16H15N5O2/c1-20-15(22)8-7-14(19-20)16(23)17-9-12-10-18-21(11-12)13-5-3-2-4-6-13/h2-8,10-11H,9H2,1H3,(H,17,23). The van der Waals surface area contributed by atoms with Gasteiger partial charge in [-0.15, -0.1) is 0 Å². The summed E-state index contributed by atoms with van der Waals surface area (Å²) in [6.45, 7) is 0.330. The summed E-state index contributed by atoms with van der Waals surface area (Å²) in [5, 5.41) is 10.9. The molecule has 3 rings (SSSR count). The first-order valence-corrected chi connectivity index (χ1v) is 7.05. The van der Waals surface area contributed by atoms with E-state index in [1.807, 2.05) is 36.5 Å². The zero-order chi connectivity index (χ0) is 16.2. The molecule has 3 aromatic rings. The molecule has 116 valence electrons. The Balaban J connectivity index is 1.66. The molecule has 23 heavy (non-hydrogen) atoms. The van der Waals surface area contributed by atoms with E-state index >= 15 is 0 Å². The molecule has 2 heterocycles. The molecular formula is C16H15N5O2. The van der Waals surface area contributed by atoms with Crippen molar-refractivity contribution in [1.29, 1.82) is 0 Å². The number of rotatable bonds is 4. The van der Waals surface area contributed by atoms with Crippen LogP contribution in [0.25, 0.3) is 5.69 Å². The van der Waals surface area contributed by atoms with E-state index in [0.29, 0.717) is 6.54 Å². The van der Waals surface area contributed by atoms with Gasteiger partial charge in [-0.25, -0.2) is 9.36 Å². The number of para-hydroxylation sites is 1. The van der Waals surface area contributed by atoms with Crippen molar-refractivity contribution < 1.29 is 4.79 Å². The summed E-state index contributed by atoms with van der Waals surface area (Å²) in [7, 11) is 1.50. The minimum absolute atomic E-state index is 0.197. The molecule has 1 amide bonds. The summed E-state index contributed by atoms with van der Waals surface area (Å²) < 4.78 is 2.87. The highest BCUT2D eigenvalue weighted by molar-refractivity contribution is 5.91. The number of aryl methyl sites for hydroxylation is 1. The number of hydrogen-bond donors (Lipinski definition) is 1. The number of nitrogens with one attached hydrogen (secondary N) is 1. The average Bonchev–Trinajstić information content (AvgIpc) is 3.05. The fourth-order valence-corrected chi connectivity index (χ4v) is 2.07. The van der Waals surface area contributed by atoms with Crippen LogP contribution in [0.1, 0.15) is 16.1 Å². The molecule has 2 aromatic heterocycles. The summed E-state index contributed by atoms with van der Waals surface area (Å²) in [6, 6.07) is 12.4. The first-order chi connectivity index (χ1) is 11.1. The van der Waals surface area contributed by atoms with Gasteiger partial charge in [-0.1, -0.05) is 18.2 Å². The van der Waals surface area contributed by atoms with Gasteiger partial charge in [0, 0.05) is 31.4 Å². The molecule has 0 fully saturated rings. The molecular weight excluding hydrogens is 294 g/mol. The highest BCUT2D eigenvalue weighted by Crippen LogP contribution is 2.07. The van der Waals surface area contributed by atoms with Gasteiger partial charge in [0.05, 0.1) is 11.9 Å². The number of amides is 1. The number of carbonyl (C=O) groups excluding carboxylic acids is 1. The third-order valence-electron chi connectivity index (χ3n) is 3.30. The van der Waals surface area contributed by atoms with E-state index in [-0.39, 0.29) is 17.2 Å². The van der Waals surface area contributed by atoms with Crippen LogP contribution in [0.3, 0.4) is 0 Å². The van der Waals surface area contributed by atoms with Gasteiger partial charge in [0.15, 0.2) is 0 Å². The minimum Gasteiger partial charge on any atom is -0.346 e. The molecule has 0 aliphatic carbocycles. The molecule has 0 aliphatic rings. The second-order valence-electron chi connectivity index (χ2n) is 4.99. The van der Waals surface area contributed by atoms with E-state index in [1.165, 1.54) is 19.2 Å². The number of aromatic nitrogens is 4. The Bertz CT molecular complexity index is 883. The monoisotopic (exact) mass is 309 g/mol. The highest BCUT2D eigenvalue weighted by Gasteiger charge is 2.09. The predicted octanol–water partition coefficient (Wildman–Crippen LogP) is 0.896. The van der Waals surface area contributed by atoms with Crippen LogP contribution in [0.4, 0.5) is 0 Å². The maximum absolute atomic E-state index is 12.0. The van der Waals surface area contributed by atoms with Crippen molar-refractivity contribution in [3.05, 3.63) is 76.5 Å². The zero-order valence-electron chi connectivity index (χ0n) is 12.5. The van der Waals surface area contributed by atoms with Crippen LogP contribution in [0, 0.1) is 0 Å². The first-order valence-electron chi connectivity index (χ1n) is 7.05. The van der Waals surface area contributed by atoms with Crippen LogP contribution in [0.5, 0.6) is 0 Å². The lowest BCUT2D eigenvalue weighted by molar-refractivity contribution is 0.0943. The van der Waals surface area contributed by atoms with Gasteiger partial charge < -0.3 is 5.32 Å². The normalized spacial score (nSPS) is 10.5. The first kappa shape index (κ1) is 14.7. The van der Waals surface area contributed by atoms with Crippen LogP contribution in [0.2, 0.25) is 0 Å². The van der Waals surface area contributed by atoms with E-state index in [4.69, 9.17) is 0 Å². The third-order valence-corrected chi connectivity index (χ3v) is 3.30. The third kappa shape index (κ3) is 3.34. The zero-order valence-corrected chi connectivity index (χ0v) is 12.5. The molecule has 1 aromatic carbocycles. The maximum Gasteiger partial charge on any atom is 0.271 e. The summed E-state index contributed by atoms with van der Waals surface area (Å²) in [4.78, 5) is 23.3. The molecule has 0 saturated heterocycles. The molecule has 0 saturated carbocycles. The topological polar surface area (TPSA) is 81.8 Å². The lowest BCUT2D eigenvalue weighted by Crippen LogP contribution is -2.28. The van der Waals surface area contributed by atoms with Gasteiger partial charge in [0.2, 0.25) is 0 Å². The lowest BCUT2D eigenvalue weighted by atomic mass is 10.3. The summed E-state index contributed by atoms with van der Waals surface area (Å²) in [5.74, 6) is -0.340. The minimum atomic E-state index is -0.340. The summed E-state index contributed by atoms with van der Waals surface area (Å²) in [6.07, 6.45) is 3.55. The fraction of sp³-hybridized carbons (Fsp3) is 0.125. The van der Waals surface area contributed by atoms with Gasteiger partial charge in [0.25, 0.3) is 11.5 Å². The Labute approximate surface area is 132 Å². The molecule has 7 heteroatoms. The Morgan fingerprint density at radius 2 is 1.96 bits per heavy atom. The van der Waals surface area contributed by atoms with Crippen LogP contribution in [0.15, 0.2) is 59.7 Å². The van der Waals surface area contributed by atoms with E-state index in [1.54, 1.807) is 10.9 Å². The Morgan fingerprint density at radius 1 is 1.17 bits per heavy atom. The summed E-state index contributed by atoms with van der Waals surface area (Å²) in [5.41, 5.74) is 1.75. The maximum atomic E-state index is 12.0. The number of carbonyl (C=O) groups is 1. The van der Waals surface area contributed by atoms with Crippen molar-refractivity contribution in [2.75, 3.05) is 0 Å². The molecule has 0 aliphatic heterocycles. The van der Waals surface area contributed by atoms with Crippen molar-refractivity contribution in [1.82, 2.24) is 24.9 Å². The Hall–Kier alpha value is -3.22. The largest absolute Gasteiger partial charge is 0.346 e. The van der Waals surface area contributed by atoms with Gasteiger partial charge in [-0.3, -0.25) is 9.59 Å². The van der Waals surface area contributed by atoms with Gasteiger partial charge in [-0.05, 0) is 18.2 Å². The quantitative estimate of drug-likeness (QED) is 0.776. The Morgan fingerprint density at radius 3 is 2.70 bits per heavy atom. The molecule has 0 radical (unpaired) electrons. The van der Waals surface area contributed by atoms with Crippen LogP contribution < -0.4 is 10.9 Å². The fourth-order valence-electron chi connectivity index (χ4n) is 2.07.